The Labute approximate surface area is 152 Å². The average molecular weight is 369 g/mol. The Balaban J connectivity index is 3.75. The Bertz CT molecular complexity index is 256. The van der Waals surface area contributed by atoms with Crippen LogP contribution in [0, 0.1) is 0 Å². The highest BCUT2D eigenvalue weighted by Crippen LogP contribution is 2.21. The van der Waals surface area contributed by atoms with E-state index in [1.54, 1.807) is 11.8 Å². The van der Waals surface area contributed by atoms with Gasteiger partial charge in [0.25, 0.3) is 0 Å². The van der Waals surface area contributed by atoms with Gasteiger partial charge in [0.2, 0.25) is 0 Å². The molecule has 0 saturated carbocycles. The Kier molecular flexibility index (Phi) is 15.5. The largest absolute Gasteiger partial charge is 0.390 e. The highest BCUT2D eigenvalue weighted by Gasteiger charge is 2.16. The van der Waals surface area contributed by atoms with Gasteiger partial charge in [-0.05, 0) is 26.2 Å². The molecule has 0 spiro atoms. The number of ether oxygens (including phenoxy) is 1. The Morgan fingerprint density at radius 2 is 1.50 bits per heavy atom. The van der Waals surface area contributed by atoms with E-state index in [4.69, 9.17) is 4.74 Å². The molecule has 0 fully saturated rings. The van der Waals surface area contributed by atoms with Gasteiger partial charge in [0.1, 0.15) is 12.3 Å². The maximum absolute atomic E-state index is 13.7. The van der Waals surface area contributed by atoms with Crippen LogP contribution in [0.2, 0.25) is 0 Å². The van der Waals surface area contributed by atoms with Crippen molar-refractivity contribution in [3.63, 3.8) is 0 Å². The first-order valence-corrected chi connectivity index (χ1v) is 10.6. The van der Waals surface area contributed by atoms with E-state index in [0.29, 0.717) is 31.4 Å². The minimum absolute atomic E-state index is 0.182. The van der Waals surface area contributed by atoms with Crippen LogP contribution in [0.5, 0.6) is 0 Å². The predicted octanol–water partition coefficient (Wildman–Crippen LogP) is 5.71. The molecule has 0 bridgehead atoms. The first-order chi connectivity index (χ1) is 11.4. The van der Waals surface area contributed by atoms with Crippen LogP contribution in [0.4, 0.5) is 8.78 Å². The van der Waals surface area contributed by atoms with E-state index in [9.17, 15) is 13.9 Å². The smallest absolute Gasteiger partial charge is 0.103 e. The number of alkyl halides is 2. The van der Waals surface area contributed by atoms with E-state index in [1.807, 2.05) is 13.8 Å². The van der Waals surface area contributed by atoms with E-state index in [0.717, 1.165) is 25.7 Å². The number of halogens is 2. The van der Waals surface area contributed by atoms with E-state index in [2.05, 4.69) is 13.8 Å². The average Bonchev–Trinajstić information content (AvgIpc) is 2.54. The van der Waals surface area contributed by atoms with E-state index < -0.39 is 18.4 Å². The van der Waals surface area contributed by atoms with Crippen LogP contribution in [-0.4, -0.2) is 47.3 Å². The van der Waals surface area contributed by atoms with Crippen molar-refractivity contribution >= 4 is 11.8 Å². The summed E-state index contributed by atoms with van der Waals surface area (Å²) in [6.07, 6.45) is 3.67. The van der Waals surface area contributed by atoms with Crippen molar-refractivity contribution in [1.82, 2.24) is 0 Å². The second-order valence-electron chi connectivity index (χ2n) is 6.89. The summed E-state index contributed by atoms with van der Waals surface area (Å²) in [6, 6.07) is 0. The molecule has 0 saturated heterocycles. The number of thioether (sulfide) groups is 1. The quantitative estimate of drug-likeness (QED) is 0.378. The van der Waals surface area contributed by atoms with Crippen molar-refractivity contribution in [2.45, 2.75) is 109 Å². The minimum atomic E-state index is -0.823. The van der Waals surface area contributed by atoms with Crippen molar-refractivity contribution in [3.05, 3.63) is 0 Å². The lowest BCUT2D eigenvalue weighted by Gasteiger charge is -2.20. The molecule has 0 aromatic carbocycles. The topological polar surface area (TPSA) is 29.5 Å². The van der Waals surface area contributed by atoms with Crippen LogP contribution >= 0.6 is 11.8 Å². The molecule has 0 heterocycles. The first-order valence-electron chi connectivity index (χ1n) is 9.58. The first kappa shape index (κ1) is 24.1. The van der Waals surface area contributed by atoms with Crippen molar-refractivity contribution < 1.29 is 18.6 Å². The zero-order valence-electron chi connectivity index (χ0n) is 16.0. The van der Waals surface area contributed by atoms with Gasteiger partial charge in [0.15, 0.2) is 0 Å². The highest BCUT2D eigenvalue weighted by atomic mass is 32.2. The van der Waals surface area contributed by atoms with Crippen LogP contribution in [0.1, 0.15) is 79.1 Å². The van der Waals surface area contributed by atoms with Crippen LogP contribution in [-0.2, 0) is 4.74 Å². The number of aliphatic hydroxyl groups is 1. The summed E-state index contributed by atoms with van der Waals surface area (Å²) in [6.45, 7) is 8.19. The molecule has 0 radical (unpaired) electrons. The summed E-state index contributed by atoms with van der Waals surface area (Å²) in [4.78, 5) is 0. The number of hydrogen-bond acceptors (Lipinski definition) is 3. The summed E-state index contributed by atoms with van der Waals surface area (Å²) in [7, 11) is 0. The lowest BCUT2D eigenvalue weighted by Crippen LogP contribution is -2.24. The van der Waals surface area contributed by atoms with Crippen molar-refractivity contribution in [1.29, 1.82) is 0 Å². The highest BCUT2D eigenvalue weighted by molar-refractivity contribution is 7.99. The molecule has 5 heteroatoms. The van der Waals surface area contributed by atoms with Gasteiger partial charge < -0.3 is 9.84 Å². The van der Waals surface area contributed by atoms with Gasteiger partial charge in [-0.15, -0.1) is 0 Å². The zero-order chi connectivity index (χ0) is 18.4. The zero-order valence-corrected chi connectivity index (χ0v) is 16.8. The van der Waals surface area contributed by atoms with E-state index in [1.165, 1.54) is 0 Å². The molecule has 0 amide bonds. The fourth-order valence-electron chi connectivity index (χ4n) is 2.54. The summed E-state index contributed by atoms with van der Waals surface area (Å²) in [5, 5.41) is 10.2. The third-order valence-corrected chi connectivity index (χ3v) is 5.40. The summed E-state index contributed by atoms with van der Waals surface area (Å²) in [5.74, 6) is 0.531. The molecule has 5 unspecified atom stereocenters. The molecule has 0 aromatic rings. The Hall–Kier alpha value is 0.130. The normalized spacial score (nSPS) is 18.1. The minimum Gasteiger partial charge on any atom is -0.390 e. The van der Waals surface area contributed by atoms with Gasteiger partial charge in [0, 0.05) is 17.4 Å². The fourth-order valence-corrected chi connectivity index (χ4v) is 3.53. The SMILES string of the molecule is CCCCC(F)CC(C)OCC(O)CSC(C)CC(F)CCCC. The maximum atomic E-state index is 13.7. The molecule has 0 aromatic heterocycles. The molecule has 24 heavy (non-hydrogen) atoms. The third kappa shape index (κ3) is 14.5. The molecule has 2 nitrogen and oxygen atoms in total. The lowest BCUT2D eigenvalue weighted by molar-refractivity contribution is -0.00632. The van der Waals surface area contributed by atoms with Crippen molar-refractivity contribution in [2.75, 3.05) is 12.4 Å². The number of aliphatic hydroxyl groups excluding tert-OH is 1. The Morgan fingerprint density at radius 3 is 2.04 bits per heavy atom. The molecular formula is C19H38F2O2S. The molecule has 146 valence electrons. The van der Waals surface area contributed by atoms with E-state index in [-0.39, 0.29) is 18.0 Å². The second kappa shape index (κ2) is 15.4. The number of unbranched alkanes of at least 4 members (excludes halogenated alkanes) is 2. The molecule has 0 aliphatic heterocycles. The van der Waals surface area contributed by atoms with Crippen LogP contribution in [0.3, 0.4) is 0 Å². The molecule has 0 aliphatic carbocycles. The predicted molar refractivity (Wildman–Crippen MR) is 101 cm³/mol. The summed E-state index contributed by atoms with van der Waals surface area (Å²) in [5.41, 5.74) is 0. The molecule has 5 atom stereocenters. The fraction of sp³-hybridized carbons (Fsp3) is 1.00. The molecule has 0 rings (SSSR count). The van der Waals surface area contributed by atoms with Crippen molar-refractivity contribution in [2.24, 2.45) is 0 Å². The molecule has 1 N–H and O–H groups in total. The van der Waals surface area contributed by atoms with Gasteiger partial charge in [-0.2, -0.15) is 11.8 Å². The lowest BCUT2D eigenvalue weighted by atomic mass is 10.1. The monoisotopic (exact) mass is 368 g/mol. The summed E-state index contributed by atoms with van der Waals surface area (Å²) < 4.78 is 32.9. The van der Waals surface area contributed by atoms with Crippen LogP contribution in [0.25, 0.3) is 0 Å². The molecule has 0 aliphatic rings. The van der Waals surface area contributed by atoms with Crippen LogP contribution in [0.15, 0.2) is 0 Å². The second-order valence-corrected chi connectivity index (χ2v) is 8.36. The standard InChI is InChI=1S/C19H38F2O2S/c1-5-7-9-17(20)11-15(3)23-13-19(22)14-24-16(4)12-18(21)10-8-6-2/h15-19,22H,5-14H2,1-4H3. The van der Waals surface area contributed by atoms with Gasteiger partial charge in [-0.3, -0.25) is 0 Å². The van der Waals surface area contributed by atoms with Gasteiger partial charge in [-0.1, -0.05) is 46.5 Å². The third-order valence-electron chi connectivity index (χ3n) is 4.06. The number of hydrogen-bond donors (Lipinski definition) is 1. The van der Waals surface area contributed by atoms with E-state index >= 15 is 0 Å². The van der Waals surface area contributed by atoms with Gasteiger partial charge in [0.05, 0.1) is 18.8 Å². The van der Waals surface area contributed by atoms with Gasteiger partial charge in [-0.25, -0.2) is 8.78 Å². The van der Waals surface area contributed by atoms with Crippen LogP contribution < -0.4 is 0 Å². The van der Waals surface area contributed by atoms with Crippen molar-refractivity contribution in [3.8, 4) is 0 Å². The Morgan fingerprint density at radius 1 is 0.958 bits per heavy atom. The molecular weight excluding hydrogens is 330 g/mol. The van der Waals surface area contributed by atoms with Gasteiger partial charge >= 0.3 is 0 Å². The number of rotatable bonds is 16. The summed E-state index contributed by atoms with van der Waals surface area (Å²) >= 11 is 1.58. The maximum Gasteiger partial charge on any atom is 0.103 e.